The number of hydrogen-bond acceptors (Lipinski definition) is 4. The highest BCUT2D eigenvalue weighted by Crippen LogP contribution is 2.34. The van der Waals surface area contributed by atoms with Gasteiger partial charge < -0.3 is 25.4 Å². The first-order valence-corrected chi connectivity index (χ1v) is 14.6. The minimum absolute atomic E-state index is 0.276. The monoisotopic (exact) mass is 457 g/mol. The maximum atomic E-state index is 13.4. The first-order chi connectivity index (χ1) is 15.0. The zero-order valence-electron chi connectivity index (χ0n) is 19.6. The van der Waals surface area contributed by atoms with Crippen molar-refractivity contribution >= 4 is 30.9 Å². The third-order valence-corrected chi connectivity index (χ3v) is 8.33. The molecule has 1 aliphatic heterocycles. The SMILES string of the molecule is COC1=CCC(C)([C@@H](NC(=O)N2CC[C@H](O)C2)C(=O)Nc2ccc([Si](C)(C)C)cc2)C=C1. The van der Waals surface area contributed by atoms with Gasteiger partial charge in [0.25, 0.3) is 0 Å². The minimum atomic E-state index is -1.43. The molecule has 1 fully saturated rings. The van der Waals surface area contributed by atoms with Crippen molar-refractivity contribution in [3.8, 4) is 0 Å². The number of benzene rings is 1. The zero-order chi connectivity index (χ0) is 23.5. The van der Waals surface area contributed by atoms with E-state index in [1.807, 2.05) is 37.3 Å². The van der Waals surface area contributed by atoms with Crippen LogP contribution < -0.4 is 15.8 Å². The van der Waals surface area contributed by atoms with Crippen molar-refractivity contribution in [3.05, 3.63) is 48.3 Å². The number of β-amino-alcohol motifs (C(OH)–C–C–N with tert-alkyl or cyclic N) is 1. The molecule has 0 spiro atoms. The van der Waals surface area contributed by atoms with Crippen LogP contribution in [0.3, 0.4) is 0 Å². The molecule has 2 aliphatic rings. The second kappa shape index (κ2) is 9.50. The summed E-state index contributed by atoms with van der Waals surface area (Å²) < 4.78 is 5.29. The fourth-order valence-electron chi connectivity index (χ4n) is 4.03. The number of methoxy groups -OCH3 is 1. The van der Waals surface area contributed by atoms with Crippen molar-refractivity contribution < 1.29 is 19.4 Å². The zero-order valence-corrected chi connectivity index (χ0v) is 20.6. The Morgan fingerprint density at radius 2 is 1.94 bits per heavy atom. The molecule has 1 heterocycles. The predicted octanol–water partition coefficient (Wildman–Crippen LogP) is 2.81. The topological polar surface area (TPSA) is 90.9 Å². The summed E-state index contributed by atoms with van der Waals surface area (Å²) in [6.45, 7) is 9.53. The van der Waals surface area contributed by atoms with E-state index in [1.165, 1.54) is 5.19 Å². The standard InChI is InChI=1S/C24H35N3O4Si/c1-24(13-10-19(31-2)11-14-24)21(26-23(30)27-15-12-18(28)16-27)22(29)25-17-6-8-20(9-7-17)32(3,4)5/h6-11,13,18,21,28H,12,14-16H2,1-5H3,(H,25,29)(H,26,30)/t18-,21-,24?/m0/s1. The van der Waals surface area contributed by atoms with E-state index < -0.39 is 25.6 Å². The summed E-state index contributed by atoms with van der Waals surface area (Å²) in [6, 6.07) is 6.84. The highest BCUT2D eigenvalue weighted by Gasteiger charge is 2.40. The molecule has 32 heavy (non-hydrogen) atoms. The maximum absolute atomic E-state index is 13.4. The van der Waals surface area contributed by atoms with Gasteiger partial charge in [-0.15, -0.1) is 0 Å². The first kappa shape index (κ1) is 24.1. The normalized spacial score (nSPS) is 24.0. The van der Waals surface area contributed by atoms with Crippen LogP contribution in [-0.2, 0) is 9.53 Å². The van der Waals surface area contributed by atoms with E-state index in [9.17, 15) is 14.7 Å². The number of anilines is 1. The molecular formula is C24H35N3O4Si. The van der Waals surface area contributed by atoms with Gasteiger partial charge in [-0.3, -0.25) is 4.79 Å². The third-order valence-electron chi connectivity index (χ3n) is 6.27. The Labute approximate surface area is 191 Å². The summed E-state index contributed by atoms with van der Waals surface area (Å²) in [5.74, 6) is 0.456. The van der Waals surface area contributed by atoms with Gasteiger partial charge in [-0.05, 0) is 37.1 Å². The van der Waals surface area contributed by atoms with Crippen LogP contribution in [0.5, 0.6) is 0 Å². The van der Waals surface area contributed by atoms with Gasteiger partial charge in [-0.2, -0.15) is 0 Å². The first-order valence-electron chi connectivity index (χ1n) is 11.1. The lowest BCUT2D eigenvalue weighted by molar-refractivity contribution is -0.120. The molecule has 1 saturated heterocycles. The quantitative estimate of drug-likeness (QED) is 0.573. The Morgan fingerprint density at radius 1 is 1.25 bits per heavy atom. The van der Waals surface area contributed by atoms with E-state index in [0.717, 1.165) is 5.76 Å². The Balaban J connectivity index is 1.80. The fourth-order valence-corrected chi connectivity index (χ4v) is 5.20. The molecule has 3 atom stereocenters. The highest BCUT2D eigenvalue weighted by atomic mass is 28.3. The molecule has 8 heteroatoms. The van der Waals surface area contributed by atoms with E-state index in [0.29, 0.717) is 25.1 Å². The Hall–Kier alpha value is -2.58. The maximum Gasteiger partial charge on any atom is 0.318 e. The van der Waals surface area contributed by atoms with Gasteiger partial charge in [0.15, 0.2) is 0 Å². The molecule has 3 rings (SSSR count). The van der Waals surface area contributed by atoms with Gasteiger partial charge in [-0.1, -0.05) is 50.0 Å². The van der Waals surface area contributed by atoms with Gasteiger partial charge >= 0.3 is 6.03 Å². The van der Waals surface area contributed by atoms with Crippen LogP contribution >= 0.6 is 0 Å². The second-order valence-electron chi connectivity index (χ2n) is 9.94. The summed E-state index contributed by atoms with van der Waals surface area (Å²) in [4.78, 5) is 27.8. The molecule has 0 radical (unpaired) electrons. The summed E-state index contributed by atoms with van der Waals surface area (Å²) in [6.07, 6.45) is 6.25. The van der Waals surface area contributed by atoms with Crippen molar-refractivity contribution in [2.75, 3.05) is 25.5 Å². The number of allylic oxidation sites excluding steroid dienone is 2. The van der Waals surface area contributed by atoms with Crippen LogP contribution in [0.15, 0.2) is 48.3 Å². The molecule has 3 N–H and O–H groups in total. The van der Waals surface area contributed by atoms with E-state index in [-0.39, 0.29) is 18.5 Å². The Kier molecular flexibility index (Phi) is 7.15. The lowest BCUT2D eigenvalue weighted by atomic mass is 9.76. The lowest BCUT2D eigenvalue weighted by Gasteiger charge is -2.36. The molecule has 0 bridgehead atoms. The molecule has 0 saturated carbocycles. The molecule has 1 aromatic carbocycles. The summed E-state index contributed by atoms with van der Waals surface area (Å²) in [5, 5.41) is 17.0. The minimum Gasteiger partial charge on any atom is -0.497 e. The summed E-state index contributed by atoms with van der Waals surface area (Å²) in [7, 11) is 0.172. The molecular weight excluding hydrogens is 422 g/mol. The number of carbonyl (C=O) groups is 2. The fraction of sp³-hybridized carbons (Fsp3) is 0.500. The van der Waals surface area contributed by atoms with Gasteiger partial charge in [0, 0.05) is 24.2 Å². The number of ether oxygens (including phenoxy) is 1. The van der Waals surface area contributed by atoms with Crippen LogP contribution in [-0.4, -0.2) is 62.4 Å². The molecule has 174 valence electrons. The van der Waals surface area contributed by atoms with Crippen molar-refractivity contribution in [2.45, 2.75) is 51.6 Å². The van der Waals surface area contributed by atoms with Gasteiger partial charge in [-0.25, -0.2) is 4.79 Å². The van der Waals surface area contributed by atoms with E-state index >= 15 is 0 Å². The Bertz CT molecular complexity index is 907. The van der Waals surface area contributed by atoms with E-state index in [1.54, 1.807) is 12.0 Å². The van der Waals surface area contributed by atoms with Crippen LogP contribution in [0.4, 0.5) is 10.5 Å². The van der Waals surface area contributed by atoms with Crippen LogP contribution in [0.2, 0.25) is 19.6 Å². The molecule has 3 amide bonds. The number of urea groups is 1. The largest absolute Gasteiger partial charge is 0.497 e. The van der Waals surface area contributed by atoms with Gasteiger partial charge in [0.05, 0.1) is 21.3 Å². The van der Waals surface area contributed by atoms with Crippen molar-refractivity contribution in [1.82, 2.24) is 10.2 Å². The van der Waals surface area contributed by atoms with Crippen LogP contribution in [0.1, 0.15) is 19.8 Å². The average molecular weight is 458 g/mol. The second-order valence-corrected chi connectivity index (χ2v) is 15.0. The molecule has 1 unspecified atom stereocenters. The third kappa shape index (κ3) is 5.61. The van der Waals surface area contributed by atoms with Crippen LogP contribution in [0.25, 0.3) is 0 Å². The van der Waals surface area contributed by atoms with E-state index in [4.69, 9.17) is 4.74 Å². The molecule has 0 aromatic heterocycles. The number of nitrogens with zero attached hydrogens (tertiary/aromatic N) is 1. The number of aliphatic hydroxyl groups excluding tert-OH is 1. The molecule has 7 nitrogen and oxygen atoms in total. The van der Waals surface area contributed by atoms with Crippen LogP contribution in [0, 0.1) is 5.41 Å². The number of likely N-dealkylation sites (tertiary alicyclic amines) is 1. The van der Waals surface area contributed by atoms with E-state index in [2.05, 4.69) is 42.4 Å². The predicted molar refractivity (Wildman–Crippen MR) is 130 cm³/mol. The number of carbonyl (C=O) groups excluding carboxylic acids is 2. The number of amides is 3. The number of hydrogen-bond donors (Lipinski definition) is 3. The highest BCUT2D eigenvalue weighted by molar-refractivity contribution is 6.88. The summed E-state index contributed by atoms with van der Waals surface area (Å²) >= 11 is 0. The van der Waals surface area contributed by atoms with Crippen molar-refractivity contribution in [1.29, 1.82) is 0 Å². The lowest BCUT2D eigenvalue weighted by Crippen LogP contribution is -2.56. The molecule has 1 aliphatic carbocycles. The molecule has 1 aromatic rings. The van der Waals surface area contributed by atoms with Gasteiger partial charge in [0.1, 0.15) is 11.8 Å². The number of aliphatic hydroxyl groups is 1. The number of rotatable bonds is 6. The Morgan fingerprint density at radius 3 is 2.44 bits per heavy atom. The average Bonchev–Trinajstić information content (AvgIpc) is 3.18. The van der Waals surface area contributed by atoms with Crippen molar-refractivity contribution in [3.63, 3.8) is 0 Å². The number of nitrogens with one attached hydrogen (secondary N) is 2. The smallest absolute Gasteiger partial charge is 0.318 e. The van der Waals surface area contributed by atoms with Crippen molar-refractivity contribution in [2.24, 2.45) is 5.41 Å². The van der Waals surface area contributed by atoms with Gasteiger partial charge in [0.2, 0.25) is 5.91 Å². The summed E-state index contributed by atoms with van der Waals surface area (Å²) in [5.41, 5.74) is 0.0719.